The van der Waals surface area contributed by atoms with Crippen molar-refractivity contribution in [1.29, 1.82) is 0 Å². The number of hydrazine groups is 1. The fourth-order valence-corrected chi connectivity index (χ4v) is 2.61. The molecule has 0 spiro atoms. The zero-order valence-electron chi connectivity index (χ0n) is 9.86. The highest BCUT2D eigenvalue weighted by Crippen LogP contribution is 2.31. The number of benzene rings is 1. The summed E-state index contributed by atoms with van der Waals surface area (Å²) in [6, 6.07) is 7.41. The molecule has 0 aliphatic carbocycles. The molecule has 0 bridgehead atoms. The molecule has 1 aliphatic heterocycles. The monoisotopic (exact) mass is 266 g/mol. The van der Waals surface area contributed by atoms with Crippen LogP contribution in [0.25, 0.3) is 11.0 Å². The largest absolute Gasteiger partial charge is 0.459 e. The number of rotatable bonds is 3. The van der Waals surface area contributed by atoms with Crippen molar-refractivity contribution in [2.24, 2.45) is 5.84 Å². The van der Waals surface area contributed by atoms with Crippen LogP contribution < -0.4 is 11.3 Å². The fraction of sp³-hybridized carbons (Fsp3) is 0.385. The van der Waals surface area contributed by atoms with Crippen molar-refractivity contribution in [2.75, 3.05) is 6.61 Å². The van der Waals surface area contributed by atoms with Gasteiger partial charge in [0, 0.05) is 17.0 Å². The number of hydrogen-bond donors (Lipinski definition) is 2. The van der Waals surface area contributed by atoms with E-state index in [0.717, 1.165) is 36.2 Å². The Bertz CT molecular complexity index is 549. The van der Waals surface area contributed by atoms with Gasteiger partial charge in [0.05, 0.1) is 6.10 Å². The van der Waals surface area contributed by atoms with Crippen LogP contribution in [0.2, 0.25) is 5.02 Å². The van der Waals surface area contributed by atoms with Crippen LogP contribution in [0.4, 0.5) is 0 Å². The third-order valence-electron chi connectivity index (χ3n) is 3.32. The van der Waals surface area contributed by atoms with E-state index in [1.165, 1.54) is 0 Å². The highest BCUT2D eigenvalue weighted by atomic mass is 35.5. The van der Waals surface area contributed by atoms with E-state index in [2.05, 4.69) is 5.43 Å². The molecule has 2 aromatic rings. The minimum absolute atomic E-state index is 0.0750. The normalized spacial score (nSPS) is 21.6. The number of ether oxygens (including phenoxy) is 1. The van der Waals surface area contributed by atoms with Crippen LogP contribution in [0.3, 0.4) is 0 Å². The first-order valence-corrected chi connectivity index (χ1v) is 6.42. The van der Waals surface area contributed by atoms with Crippen molar-refractivity contribution in [1.82, 2.24) is 5.43 Å². The Labute approximate surface area is 110 Å². The van der Waals surface area contributed by atoms with E-state index >= 15 is 0 Å². The molecule has 0 radical (unpaired) electrons. The topological polar surface area (TPSA) is 60.4 Å². The van der Waals surface area contributed by atoms with E-state index in [0.29, 0.717) is 5.02 Å². The van der Waals surface area contributed by atoms with Crippen molar-refractivity contribution < 1.29 is 9.15 Å². The van der Waals surface area contributed by atoms with Crippen LogP contribution in [0, 0.1) is 0 Å². The van der Waals surface area contributed by atoms with Gasteiger partial charge in [-0.3, -0.25) is 5.84 Å². The van der Waals surface area contributed by atoms with Crippen LogP contribution in [0.15, 0.2) is 28.7 Å². The molecule has 0 saturated carbocycles. The summed E-state index contributed by atoms with van der Waals surface area (Å²) in [5.74, 6) is 6.41. The van der Waals surface area contributed by atoms with Crippen LogP contribution >= 0.6 is 11.6 Å². The molecule has 96 valence electrons. The second-order valence-electron chi connectivity index (χ2n) is 4.53. The molecular formula is C13H15ClN2O2. The van der Waals surface area contributed by atoms with Gasteiger partial charge in [-0.05, 0) is 37.1 Å². The Morgan fingerprint density at radius 2 is 2.28 bits per heavy atom. The standard InChI is InChI=1S/C13H15ClN2O2/c14-9-3-4-10-8(6-9)7-12(18-10)13(16-15)11-2-1-5-17-11/h3-4,6-7,11,13,16H,1-2,5,15H2. The summed E-state index contributed by atoms with van der Waals surface area (Å²) in [4.78, 5) is 0. The molecule has 3 N–H and O–H groups in total. The first-order valence-electron chi connectivity index (χ1n) is 6.04. The maximum absolute atomic E-state index is 5.96. The van der Waals surface area contributed by atoms with Crippen molar-refractivity contribution >= 4 is 22.6 Å². The van der Waals surface area contributed by atoms with Gasteiger partial charge in [0.25, 0.3) is 0 Å². The van der Waals surface area contributed by atoms with E-state index < -0.39 is 0 Å². The molecule has 18 heavy (non-hydrogen) atoms. The van der Waals surface area contributed by atoms with Crippen molar-refractivity contribution in [3.05, 3.63) is 35.0 Å². The van der Waals surface area contributed by atoms with Gasteiger partial charge < -0.3 is 9.15 Å². The highest BCUT2D eigenvalue weighted by Gasteiger charge is 2.29. The second kappa shape index (κ2) is 4.90. The summed E-state index contributed by atoms with van der Waals surface area (Å²) in [5.41, 5.74) is 3.60. The molecule has 3 rings (SSSR count). The van der Waals surface area contributed by atoms with Gasteiger partial charge in [-0.15, -0.1) is 0 Å². The molecule has 1 fully saturated rings. The Morgan fingerprint density at radius 1 is 1.39 bits per heavy atom. The summed E-state index contributed by atoms with van der Waals surface area (Å²) in [7, 11) is 0. The first-order chi connectivity index (χ1) is 8.78. The van der Waals surface area contributed by atoms with Crippen molar-refractivity contribution in [3.63, 3.8) is 0 Å². The quantitative estimate of drug-likeness (QED) is 0.662. The van der Waals surface area contributed by atoms with Crippen molar-refractivity contribution in [3.8, 4) is 0 Å². The molecule has 1 aliphatic rings. The van der Waals surface area contributed by atoms with E-state index in [4.69, 9.17) is 26.6 Å². The zero-order valence-corrected chi connectivity index (χ0v) is 10.6. The lowest BCUT2D eigenvalue weighted by Gasteiger charge is -2.19. The lowest BCUT2D eigenvalue weighted by molar-refractivity contribution is 0.0718. The third-order valence-corrected chi connectivity index (χ3v) is 3.56. The first kappa shape index (κ1) is 12.0. The molecule has 2 heterocycles. The van der Waals surface area contributed by atoms with E-state index in [1.54, 1.807) is 0 Å². The Hall–Kier alpha value is -1.07. The maximum Gasteiger partial charge on any atom is 0.134 e. The molecule has 5 heteroatoms. The van der Waals surface area contributed by atoms with Gasteiger partial charge in [-0.2, -0.15) is 0 Å². The van der Waals surface area contributed by atoms with Gasteiger partial charge in [-0.1, -0.05) is 11.6 Å². The van der Waals surface area contributed by atoms with Crippen molar-refractivity contribution in [2.45, 2.75) is 25.0 Å². The number of nitrogens with two attached hydrogens (primary N) is 1. The minimum atomic E-state index is -0.112. The molecule has 2 atom stereocenters. The number of halogens is 1. The smallest absolute Gasteiger partial charge is 0.134 e. The second-order valence-corrected chi connectivity index (χ2v) is 4.96. The van der Waals surface area contributed by atoms with E-state index in [9.17, 15) is 0 Å². The van der Waals surface area contributed by atoms with Gasteiger partial charge in [0.1, 0.15) is 17.4 Å². The molecule has 1 saturated heterocycles. The summed E-state index contributed by atoms with van der Waals surface area (Å²) in [6.07, 6.45) is 2.13. The molecule has 1 aromatic carbocycles. The van der Waals surface area contributed by atoms with Crippen LogP contribution in [-0.4, -0.2) is 12.7 Å². The summed E-state index contributed by atoms with van der Waals surface area (Å²) < 4.78 is 11.5. The predicted octanol–water partition coefficient (Wildman–Crippen LogP) is 2.77. The molecule has 4 nitrogen and oxygen atoms in total. The molecular weight excluding hydrogens is 252 g/mol. The van der Waals surface area contributed by atoms with Gasteiger partial charge in [0.2, 0.25) is 0 Å². The van der Waals surface area contributed by atoms with Gasteiger partial charge in [0.15, 0.2) is 0 Å². The minimum Gasteiger partial charge on any atom is -0.459 e. The van der Waals surface area contributed by atoms with Crippen LogP contribution in [0.1, 0.15) is 24.6 Å². The zero-order chi connectivity index (χ0) is 12.5. The molecule has 0 amide bonds. The Balaban J connectivity index is 1.96. The SMILES string of the molecule is NNC(c1cc2cc(Cl)ccc2o1)C1CCCO1. The van der Waals surface area contributed by atoms with E-state index in [1.807, 2.05) is 24.3 Å². The summed E-state index contributed by atoms with van der Waals surface area (Å²) >= 11 is 5.96. The summed E-state index contributed by atoms with van der Waals surface area (Å²) in [6.45, 7) is 0.787. The van der Waals surface area contributed by atoms with Gasteiger partial charge in [-0.25, -0.2) is 5.43 Å². The van der Waals surface area contributed by atoms with Crippen LogP contribution in [0.5, 0.6) is 0 Å². The fourth-order valence-electron chi connectivity index (χ4n) is 2.43. The molecule has 1 aromatic heterocycles. The number of nitrogens with one attached hydrogen (secondary N) is 1. The number of fused-ring (bicyclic) bond motifs is 1. The summed E-state index contributed by atoms with van der Waals surface area (Å²) in [5, 5.41) is 1.68. The lowest BCUT2D eigenvalue weighted by Crippen LogP contribution is -2.36. The van der Waals surface area contributed by atoms with Crippen LogP contribution in [-0.2, 0) is 4.74 Å². The van der Waals surface area contributed by atoms with Gasteiger partial charge >= 0.3 is 0 Å². The third kappa shape index (κ3) is 2.12. The number of hydrogen-bond acceptors (Lipinski definition) is 4. The lowest BCUT2D eigenvalue weighted by atomic mass is 10.1. The predicted molar refractivity (Wildman–Crippen MR) is 70.3 cm³/mol. The van der Waals surface area contributed by atoms with E-state index in [-0.39, 0.29) is 12.1 Å². The average Bonchev–Trinajstić information content (AvgIpc) is 2.98. The highest BCUT2D eigenvalue weighted by molar-refractivity contribution is 6.31. The number of furan rings is 1. The average molecular weight is 267 g/mol. The Morgan fingerprint density at radius 3 is 3.00 bits per heavy atom. The Kier molecular flexibility index (Phi) is 3.26. The maximum atomic E-state index is 5.96. The molecule has 2 unspecified atom stereocenters.